The number of methoxy groups -OCH3 is 1. The molecule has 0 aliphatic carbocycles. The highest BCUT2D eigenvalue weighted by atomic mass is 16.5. The summed E-state index contributed by atoms with van der Waals surface area (Å²) >= 11 is 0. The zero-order chi connectivity index (χ0) is 12.4. The Hall–Kier alpha value is -2.50. The lowest BCUT2D eigenvalue weighted by atomic mass is 10.3. The highest BCUT2D eigenvalue weighted by Gasteiger charge is 2.16. The van der Waals surface area contributed by atoms with Crippen LogP contribution in [0.25, 0.3) is 5.69 Å². The first-order valence-corrected chi connectivity index (χ1v) is 4.84. The molecule has 2 aromatic rings. The number of carbonyl (C=O) groups is 1. The summed E-state index contributed by atoms with van der Waals surface area (Å²) in [5.74, 6) is -0.284. The van der Waals surface area contributed by atoms with Crippen molar-refractivity contribution in [3.05, 3.63) is 36.0 Å². The molecule has 0 amide bonds. The third-order valence-corrected chi connectivity index (χ3v) is 2.29. The number of esters is 1. The average Bonchev–Trinajstić information content (AvgIpc) is 2.70. The summed E-state index contributed by atoms with van der Waals surface area (Å²) in [6, 6.07) is 6.39. The third-order valence-electron chi connectivity index (χ3n) is 2.29. The first kappa shape index (κ1) is 11.0. The first-order chi connectivity index (χ1) is 8.13. The maximum absolute atomic E-state index is 11.3. The van der Waals surface area contributed by atoms with E-state index in [1.807, 2.05) is 0 Å². The van der Waals surface area contributed by atoms with Crippen LogP contribution in [0.4, 0.5) is 5.82 Å². The Balaban J connectivity index is 2.48. The molecular weight excluding hydrogens is 222 g/mol. The summed E-state index contributed by atoms with van der Waals surface area (Å²) in [5.41, 5.74) is 6.54. The van der Waals surface area contributed by atoms with Crippen molar-refractivity contribution in [3.8, 4) is 11.4 Å². The summed E-state index contributed by atoms with van der Waals surface area (Å²) in [5, 5.41) is 13.3. The summed E-state index contributed by atoms with van der Waals surface area (Å²) in [7, 11) is 1.27. The lowest BCUT2D eigenvalue weighted by molar-refractivity contribution is 0.0602. The molecule has 2 rings (SSSR count). The molecule has 6 nitrogen and oxygen atoms in total. The largest absolute Gasteiger partial charge is 0.508 e. The predicted octanol–water partition coefficient (Wildman–Crippen LogP) is 0.947. The summed E-state index contributed by atoms with van der Waals surface area (Å²) < 4.78 is 5.92. The number of nitrogen functional groups attached to an aromatic ring is 1. The van der Waals surface area contributed by atoms with Crippen molar-refractivity contribution in [1.82, 2.24) is 9.78 Å². The van der Waals surface area contributed by atoms with Crippen LogP contribution < -0.4 is 5.73 Å². The van der Waals surface area contributed by atoms with Gasteiger partial charge in [-0.15, -0.1) is 0 Å². The van der Waals surface area contributed by atoms with Gasteiger partial charge in [0.05, 0.1) is 19.0 Å². The van der Waals surface area contributed by atoms with Gasteiger partial charge in [0, 0.05) is 6.07 Å². The number of aromatic nitrogens is 2. The number of nitrogens with two attached hydrogens (primary N) is 1. The van der Waals surface area contributed by atoms with Crippen LogP contribution in [0, 0.1) is 0 Å². The van der Waals surface area contributed by atoms with Crippen molar-refractivity contribution in [2.45, 2.75) is 0 Å². The van der Waals surface area contributed by atoms with E-state index in [1.54, 1.807) is 12.1 Å². The van der Waals surface area contributed by atoms with Crippen LogP contribution >= 0.6 is 0 Å². The van der Waals surface area contributed by atoms with E-state index in [1.165, 1.54) is 30.1 Å². The average molecular weight is 233 g/mol. The number of anilines is 1. The van der Waals surface area contributed by atoms with Crippen LogP contribution in [-0.2, 0) is 4.74 Å². The van der Waals surface area contributed by atoms with Gasteiger partial charge < -0.3 is 15.6 Å². The molecule has 0 radical (unpaired) electrons. The van der Waals surface area contributed by atoms with Crippen molar-refractivity contribution in [3.63, 3.8) is 0 Å². The number of phenols is 1. The number of nitrogens with zero attached hydrogens (tertiary/aromatic N) is 2. The standard InChI is InChI=1S/C11H11N3O3/c1-17-11(16)9-6-13-14(10(9)12)7-3-2-4-8(15)5-7/h2-6,15H,12H2,1H3. The molecule has 0 fully saturated rings. The van der Waals surface area contributed by atoms with Crippen LogP contribution in [-0.4, -0.2) is 28.0 Å². The second-order valence-corrected chi connectivity index (χ2v) is 3.37. The van der Waals surface area contributed by atoms with E-state index in [-0.39, 0.29) is 17.1 Å². The minimum absolute atomic E-state index is 0.0945. The van der Waals surface area contributed by atoms with Crippen molar-refractivity contribution < 1.29 is 14.6 Å². The Morgan fingerprint density at radius 2 is 2.29 bits per heavy atom. The van der Waals surface area contributed by atoms with E-state index in [0.29, 0.717) is 5.69 Å². The van der Waals surface area contributed by atoms with Crippen LogP contribution in [0.2, 0.25) is 0 Å². The lowest BCUT2D eigenvalue weighted by Crippen LogP contribution is -2.07. The molecule has 17 heavy (non-hydrogen) atoms. The summed E-state index contributed by atoms with van der Waals surface area (Å²) in [4.78, 5) is 11.3. The zero-order valence-electron chi connectivity index (χ0n) is 9.12. The molecule has 88 valence electrons. The molecule has 0 bridgehead atoms. The Morgan fingerprint density at radius 1 is 1.53 bits per heavy atom. The van der Waals surface area contributed by atoms with Crippen LogP contribution in [0.1, 0.15) is 10.4 Å². The minimum atomic E-state index is -0.547. The number of hydrogen-bond donors (Lipinski definition) is 2. The van der Waals surface area contributed by atoms with E-state index in [0.717, 1.165) is 0 Å². The minimum Gasteiger partial charge on any atom is -0.508 e. The molecule has 0 unspecified atom stereocenters. The van der Waals surface area contributed by atoms with E-state index in [2.05, 4.69) is 9.84 Å². The Morgan fingerprint density at radius 3 is 2.94 bits per heavy atom. The third kappa shape index (κ3) is 1.92. The number of benzene rings is 1. The molecule has 0 spiro atoms. The van der Waals surface area contributed by atoms with Crippen molar-refractivity contribution >= 4 is 11.8 Å². The Labute approximate surface area is 97.2 Å². The highest BCUT2D eigenvalue weighted by Crippen LogP contribution is 2.20. The van der Waals surface area contributed by atoms with Gasteiger partial charge in [0.1, 0.15) is 17.1 Å². The Bertz CT molecular complexity index is 563. The zero-order valence-corrected chi connectivity index (χ0v) is 9.12. The fourth-order valence-electron chi connectivity index (χ4n) is 1.46. The predicted molar refractivity (Wildman–Crippen MR) is 61.0 cm³/mol. The molecule has 0 saturated carbocycles. The molecule has 3 N–H and O–H groups in total. The number of rotatable bonds is 2. The molecule has 1 aromatic carbocycles. The van der Waals surface area contributed by atoms with Crippen LogP contribution in [0.3, 0.4) is 0 Å². The topological polar surface area (TPSA) is 90.4 Å². The molecule has 0 atom stereocenters. The molecule has 0 aliphatic rings. The fourth-order valence-corrected chi connectivity index (χ4v) is 1.46. The van der Waals surface area contributed by atoms with Crippen LogP contribution in [0.15, 0.2) is 30.5 Å². The maximum Gasteiger partial charge on any atom is 0.343 e. The van der Waals surface area contributed by atoms with Crippen molar-refractivity contribution in [1.29, 1.82) is 0 Å². The number of ether oxygens (including phenoxy) is 1. The quantitative estimate of drug-likeness (QED) is 0.753. The molecule has 1 aromatic heterocycles. The van der Waals surface area contributed by atoms with Gasteiger partial charge in [-0.25, -0.2) is 9.48 Å². The molecule has 0 aliphatic heterocycles. The van der Waals surface area contributed by atoms with Gasteiger partial charge in [-0.3, -0.25) is 0 Å². The monoisotopic (exact) mass is 233 g/mol. The lowest BCUT2D eigenvalue weighted by Gasteiger charge is -2.04. The van der Waals surface area contributed by atoms with Crippen molar-refractivity contribution in [2.75, 3.05) is 12.8 Å². The first-order valence-electron chi connectivity index (χ1n) is 4.84. The second kappa shape index (κ2) is 4.17. The summed E-state index contributed by atoms with van der Waals surface area (Å²) in [6.45, 7) is 0. The van der Waals surface area contributed by atoms with E-state index < -0.39 is 5.97 Å². The maximum atomic E-state index is 11.3. The van der Waals surface area contributed by atoms with Gasteiger partial charge in [0.25, 0.3) is 0 Å². The number of carbonyl (C=O) groups excluding carboxylic acids is 1. The fraction of sp³-hybridized carbons (Fsp3) is 0.0909. The second-order valence-electron chi connectivity index (χ2n) is 3.37. The number of hydrogen-bond acceptors (Lipinski definition) is 5. The SMILES string of the molecule is COC(=O)c1cnn(-c2cccc(O)c2)c1N. The normalized spacial score (nSPS) is 10.2. The van der Waals surface area contributed by atoms with Gasteiger partial charge in [-0.1, -0.05) is 6.07 Å². The number of aromatic hydroxyl groups is 1. The van der Waals surface area contributed by atoms with Crippen molar-refractivity contribution in [2.24, 2.45) is 0 Å². The molecule has 6 heteroatoms. The van der Waals surface area contributed by atoms with E-state index in [4.69, 9.17) is 5.73 Å². The number of phenolic OH excluding ortho intramolecular Hbond substituents is 1. The van der Waals surface area contributed by atoms with Gasteiger partial charge in [-0.2, -0.15) is 5.10 Å². The molecule has 0 saturated heterocycles. The van der Waals surface area contributed by atoms with E-state index in [9.17, 15) is 9.90 Å². The highest BCUT2D eigenvalue weighted by molar-refractivity contribution is 5.94. The van der Waals surface area contributed by atoms with Gasteiger partial charge in [-0.05, 0) is 12.1 Å². The van der Waals surface area contributed by atoms with Gasteiger partial charge in [0.2, 0.25) is 0 Å². The molecular formula is C11H11N3O3. The summed E-state index contributed by atoms with van der Waals surface area (Å²) in [6.07, 6.45) is 1.32. The van der Waals surface area contributed by atoms with Gasteiger partial charge >= 0.3 is 5.97 Å². The van der Waals surface area contributed by atoms with Gasteiger partial charge in [0.15, 0.2) is 0 Å². The molecule has 1 heterocycles. The Kier molecular flexibility index (Phi) is 2.70. The van der Waals surface area contributed by atoms with E-state index >= 15 is 0 Å². The van der Waals surface area contributed by atoms with Crippen LogP contribution in [0.5, 0.6) is 5.75 Å². The smallest absolute Gasteiger partial charge is 0.343 e.